The number of rotatable bonds is 4. The summed E-state index contributed by atoms with van der Waals surface area (Å²) in [4.78, 5) is 12.1. The maximum absolute atomic E-state index is 12.1. The minimum absolute atomic E-state index is 0.118. The van der Waals surface area contributed by atoms with Gasteiger partial charge in [-0.2, -0.15) is 5.26 Å². The summed E-state index contributed by atoms with van der Waals surface area (Å²) < 4.78 is 4.99. The number of benzene rings is 2. The fourth-order valence-electron chi connectivity index (χ4n) is 1.84. The first kappa shape index (κ1) is 15.1. The molecular weight excluding hydrogens is 280 g/mol. The average Bonchev–Trinajstić information content (AvgIpc) is 2.54. The smallest absolute Gasteiger partial charge is 0.266 e. The number of nitriles is 1. The molecule has 0 saturated heterocycles. The van der Waals surface area contributed by atoms with E-state index in [2.05, 4.69) is 5.32 Å². The first-order valence-corrected chi connectivity index (χ1v) is 6.50. The van der Waals surface area contributed by atoms with E-state index in [-0.39, 0.29) is 17.1 Å². The number of phenols is 1. The van der Waals surface area contributed by atoms with E-state index in [9.17, 15) is 9.90 Å². The summed E-state index contributed by atoms with van der Waals surface area (Å²) >= 11 is 0. The lowest BCUT2D eigenvalue weighted by Gasteiger charge is -2.07. The van der Waals surface area contributed by atoms with E-state index in [4.69, 9.17) is 10.00 Å². The van der Waals surface area contributed by atoms with Gasteiger partial charge >= 0.3 is 0 Å². The molecule has 110 valence electrons. The number of hydrogen-bond donors (Lipinski definition) is 2. The van der Waals surface area contributed by atoms with Crippen LogP contribution in [0.4, 0.5) is 5.69 Å². The van der Waals surface area contributed by atoms with Crippen molar-refractivity contribution in [2.75, 3.05) is 12.4 Å². The van der Waals surface area contributed by atoms with Crippen LogP contribution < -0.4 is 10.1 Å². The second-order valence-corrected chi connectivity index (χ2v) is 4.39. The van der Waals surface area contributed by atoms with Crippen molar-refractivity contribution in [3.05, 3.63) is 59.7 Å². The van der Waals surface area contributed by atoms with E-state index in [1.807, 2.05) is 12.1 Å². The van der Waals surface area contributed by atoms with Gasteiger partial charge < -0.3 is 15.2 Å². The monoisotopic (exact) mass is 294 g/mol. The number of para-hydroxylation sites is 2. The van der Waals surface area contributed by atoms with Crippen molar-refractivity contribution in [3.8, 4) is 17.6 Å². The molecule has 2 aromatic rings. The lowest BCUT2D eigenvalue weighted by Crippen LogP contribution is -2.13. The normalized spacial score (nSPS) is 10.6. The zero-order chi connectivity index (χ0) is 15.9. The minimum atomic E-state index is -0.545. The van der Waals surface area contributed by atoms with Gasteiger partial charge in [0.15, 0.2) is 11.5 Å². The Morgan fingerprint density at radius 2 is 1.95 bits per heavy atom. The standard InChI is InChI=1S/C17H14N2O3/c1-22-15-9-5-6-12(16(15)20)10-13(11-18)17(21)19-14-7-3-2-4-8-14/h2-10,20H,1H3,(H,19,21)/b13-10+. The second kappa shape index (κ2) is 6.95. The van der Waals surface area contributed by atoms with Crippen molar-refractivity contribution in [1.29, 1.82) is 5.26 Å². The molecule has 0 aliphatic heterocycles. The fourth-order valence-corrected chi connectivity index (χ4v) is 1.84. The van der Waals surface area contributed by atoms with Crippen LogP contribution in [0.25, 0.3) is 6.08 Å². The lowest BCUT2D eigenvalue weighted by atomic mass is 10.1. The van der Waals surface area contributed by atoms with Crippen LogP contribution in [0, 0.1) is 11.3 Å². The van der Waals surface area contributed by atoms with Gasteiger partial charge in [0.2, 0.25) is 0 Å². The minimum Gasteiger partial charge on any atom is -0.504 e. The molecule has 0 aromatic heterocycles. The molecule has 0 unspecified atom stereocenters. The van der Waals surface area contributed by atoms with Crippen LogP contribution in [0.1, 0.15) is 5.56 Å². The third kappa shape index (κ3) is 3.44. The van der Waals surface area contributed by atoms with Gasteiger partial charge in [-0.3, -0.25) is 4.79 Å². The van der Waals surface area contributed by atoms with Gasteiger partial charge in [0, 0.05) is 11.3 Å². The van der Waals surface area contributed by atoms with Crippen LogP contribution >= 0.6 is 0 Å². The molecule has 22 heavy (non-hydrogen) atoms. The highest BCUT2D eigenvalue weighted by atomic mass is 16.5. The number of nitrogens with one attached hydrogen (secondary N) is 1. The molecular formula is C17H14N2O3. The first-order valence-electron chi connectivity index (χ1n) is 6.50. The van der Waals surface area contributed by atoms with E-state index in [1.165, 1.54) is 13.2 Å². The van der Waals surface area contributed by atoms with E-state index < -0.39 is 5.91 Å². The highest BCUT2D eigenvalue weighted by Gasteiger charge is 2.12. The topological polar surface area (TPSA) is 82.3 Å². The number of nitrogens with zero attached hydrogens (tertiary/aromatic N) is 1. The molecule has 5 nitrogen and oxygen atoms in total. The Bertz CT molecular complexity index is 746. The highest BCUT2D eigenvalue weighted by molar-refractivity contribution is 6.09. The molecule has 0 heterocycles. The summed E-state index contributed by atoms with van der Waals surface area (Å²) in [5, 5.41) is 21.8. The fraction of sp³-hybridized carbons (Fsp3) is 0.0588. The number of amides is 1. The molecule has 5 heteroatoms. The highest BCUT2D eigenvalue weighted by Crippen LogP contribution is 2.30. The van der Waals surface area contributed by atoms with Gasteiger partial charge in [0.05, 0.1) is 7.11 Å². The molecule has 0 spiro atoms. The average molecular weight is 294 g/mol. The van der Waals surface area contributed by atoms with Gasteiger partial charge in [-0.1, -0.05) is 30.3 Å². The summed E-state index contributed by atoms with van der Waals surface area (Å²) in [6.07, 6.45) is 1.32. The molecule has 2 N–H and O–H groups in total. The Hall–Kier alpha value is -3.26. The van der Waals surface area contributed by atoms with E-state index in [0.29, 0.717) is 11.3 Å². The third-order valence-corrected chi connectivity index (χ3v) is 2.95. The van der Waals surface area contributed by atoms with Crippen molar-refractivity contribution < 1.29 is 14.6 Å². The molecule has 0 radical (unpaired) electrons. The number of phenolic OH excluding ortho intramolecular Hbond substituents is 1. The number of aromatic hydroxyl groups is 1. The molecule has 0 bridgehead atoms. The summed E-state index contributed by atoms with van der Waals surface area (Å²) in [5.41, 5.74) is 0.801. The van der Waals surface area contributed by atoms with Crippen LogP contribution in [0.2, 0.25) is 0 Å². The number of methoxy groups -OCH3 is 1. The Labute approximate surface area is 128 Å². The zero-order valence-electron chi connectivity index (χ0n) is 11.9. The van der Waals surface area contributed by atoms with Gasteiger partial charge in [0.25, 0.3) is 5.91 Å². The number of ether oxygens (including phenoxy) is 1. The van der Waals surface area contributed by atoms with Crippen molar-refractivity contribution in [2.24, 2.45) is 0 Å². The SMILES string of the molecule is COc1cccc(/C=C(\C#N)C(=O)Nc2ccccc2)c1O. The second-order valence-electron chi connectivity index (χ2n) is 4.39. The molecule has 2 rings (SSSR count). The number of anilines is 1. The lowest BCUT2D eigenvalue weighted by molar-refractivity contribution is -0.112. The van der Waals surface area contributed by atoms with Crippen LogP contribution in [-0.4, -0.2) is 18.1 Å². The number of hydrogen-bond acceptors (Lipinski definition) is 4. The molecule has 0 atom stereocenters. The van der Waals surface area contributed by atoms with Crippen LogP contribution in [0.15, 0.2) is 54.1 Å². The molecule has 0 fully saturated rings. The molecule has 0 aliphatic rings. The zero-order valence-corrected chi connectivity index (χ0v) is 11.9. The Morgan fingerprint density at radius 3 is 2.59 bits per heavy atom. The van der Waals surface area contributed by atoms with E-state index in [1.54, 1.807) is 42.5 Å². The third-order valence-electron chi connectivity index (χ3n) is 2.95. The summed E-state index contributed by atoms with van der Waals surface area (Å²) in [6, 6.07) is 15.5. The maximum Gasteiger partial charge on any atom is 0.266 e. The number of carbonyl (C=O) groups is 1. The van der Waals surface area contributed by atoms with Gasteiger partial charge in [0.1, 0.15) is 11.6 Å². The van der Waals surface area contributed by atoms with Crippen molar-refractivity contribution in [3.63, 3.8) is 0 Å². The van der Waals surface area contributed by atoms with Crippen molar-refractivity contribution in [1.82, 2.24) is 0 Å². The quantitative estimate of drug-likeness (QED) is 0.671. The Kier molecular flexibility index (Phi) is 4.78. The molecule has 1 amide bonds. The molecule has 0 aliphatic carbocycles. The van der Waals surface area contributed by atoms with Crippen molar-refractivity contribution >= 4 is 17.7 Å². The van der Waals surface area contributed by atoms with Crippen LogP contribution in [-0.2, 0) is 4.79 Å². The predicted octanol–water partition coefficient (Wildman–Crippen LogP) is 2.95. The predicted molar refractivity (Wildman–Crippen MR) is 83.3 cm³/mol. The van der Waals surface area contributed by atoms with Crippen molar-refractivity contribution in [2.45, 2.75) is 0 Å². The Morgan fingerprint density at radius 1 is 1.23 bits per heavy atom. The van der Waals surface area contributed by atoms with Crippen LogP contribution in [0.3, 0.4) is 0 Å². The molecule has 0 saturated carbocycles. The first-order chi connectivity index (χ1) is 10.7. The summed E-state index contributed by atoms with van der Waals surface area (Å²) in [7, 11) is 1.43. The van der Waals surface area contributed by atoms with Gasteiger partial charge in [-0.25, -0.2) is 0 Å². The van der Waals surface area contributed by atoms with Crippen LogP contribution in [0.5, 0.6) is 11.5 Å². The van der Waals surface area contributed by atoms with Gasteiger partial charge in [-0.15, -0.1) is 0 Å². The summed E-state index contributed by atoms with van der Waals surface area (Å²) in [6.45, 7) is 0. The van der Waals surface area contributed by atoms with E-state index >= 15 is 0 Å². The molecule has 2 aromatic carbocycles. The van der Waals surface area contributed by atoms with Gasteiger partial charge in [-0.05, 0) is 24.3 Å². The summed E-state index contributed by atoms with van der Waals surface area (Å²) in [5.74, 6) is -0.393. The maximum atomic E-state index is 12.1. The van der Waals surface area contributed by atoms with E-state index in [0.717, 1.165) is 0 Å². The number of carbonyl (C=O) groups excluding carboxylic acids is 1. The largest absolute Gasteiger partial charge is 0.504 e. The Balaban J connectivity index is 2.28.